The SMILES string of the molecule is CN1CCN(CC(=O)c2ccc3[nH]ncc3c2)CC1. The van der Waals surface area contributed by atoms with Crippen molar-refractivity contribution < 1.29 is 4.79 Å². The van der Waals surface area contributed by atoms with Crippen LogP contribution in [0.1, 0.15) is 10.4 Å². The minimum atomic E-state index is 0.188. The number of hydrogen-bond donors (Lipinski definition) is 1. The van der Waals surface area contributed by atoms with Crippen molar-refractivity contribution >= 4 is 16.7 Å². The summed E-state index contributed by atoms with van der Waals surface area (Å²) in [6.45, 7) is 4.52. The Kier molecular flexibility index (Phi) is 3.31. The minimum Gasteiger partial charge on any atom is -0.304 e. The lowest BCUT2D eigenvalue weighted by Gasteiger charge is -2.31. The van der Waals surface area contributed by atoms with Gasteiger partial charge in [-0.05, 0) is 25.2 Å². The molecule has 0 aliphatic carbocycles. The van der Waals surface area contributed by atoms with E-state index < -0.39 is 0 Å². The number of aromatic amines is 1. The van der Waals surface area contributed by atoms with Gasteiger partial charge in [0.05, 0.1) is 18.3 Å². The van der Waals surface area contributed by atoms with Gasteiger partial charge in [-0.1, -0.05) is 0 Å². The zero-order valence-corrected chi connectivity index (χ0v) is 11.1. The number of piperazine rings is 1. The number of nitrogens with zero attached hydrogens (tertiary/aromatic N) is 3. The van der Waals surface area contributed by atoms with E-state index in [0.717, 1.165) is 42.6 Å². The van der Waals surface area contributed by atoms with Crippen LogP contribution in [0.4, 0.5) is 0 Å². The third-order valence-corrected chi connectivity index (χ3v) is 3.73. The number of rotatable bonds is 3. The van der Waals surface area contributed by atoms with Crippen molar-refractivity contribution in [2.75, 3.05) is 39.8 Å². The fourth-order valence-corrected chi connectivity index (χ4v) is 2.42. The lowest BCUT2D eigenvalue weighted by Crippen LogP contribution is -2.46. The number of carbonyl (C=O) groups excluding carboxylic acids is 1. The summed E-state index contributed by atoms with van der Waals surface area (Å²) < 4.78 is 0. The summed E-state index contributed by atoms with van der Waals surface area (Å²) in [5, 5.41) is 7.86. The second kappa shape index (κ2) is 5.11. The van der Waals surface area contributed by atoms with E-state index >= 15 is 0 Å². The van der Waals surface area contributed by atoms with E-state index in [4.69, 9.17) is 0 Å². The number of hydrogen-bond acceptors (Lipinski definition) is 4. The number of ketones is 1. The van der Waals surface area contributed by atoms with Crippen LogP contribution in [0.25, 0.3) is 10.9 Å². The maximum atomic E-state index is 12.3. The number of benzene rings is 1. The number of H-pyrrole nitrogens is 1. The standard InChI is InChI=1S/C14H18N4O/c1-17-4-6-18(7-5-17)10-14(19)11-2-3-13-12(8-11)9-15-16-13/h2-3,8-9H,4-7,10H2,1H3,(H,15,16). The van der Waals surface area contributed by atoms with Gasteiger partial charge in [0.25, 0.3) is 0 Å². The maximum absolute atomic E-state index is 12.3. The van der Waals surface area contributed by atoms with Gasteiger partial charge in [-0.3, -0.25) is 14.8 Å². The van der Waals surface area contributed by atoms with E-state index in [0.29, 0.717) is 6.54 Å². The molecule has 100 valence electrons. The predicted molar refractivity (Wildman–Crippen MR) is 74.4 cm³/mol. The normalized spacial score (nSPS) is 17.9. The van der Waals surface area contributed by atoms with Crippen molar-refractivity contribution in [3.05, 3.63) is 30.0 Å². The van der Waals surface area contributed by atoms with Crippen LogP contribution in [-0.4, -0.2) is 65.6 Å². The molecule has 1 aromatic carbocycles. The van der Waals surface area contributed by atoms with Gasteiger partial charge < -0.3 is 4.90 Å². The van der Waals surface area contributed by atoms with Crippen LogP contribution in [0, 0.1) is 0 Å². The van der Waals surface area contributed by atoms with E-state index in [1.54, 1.807) is 6.20 Å². The highest BCUT2D eigenvalue weighted by atomic mass is 16.1. The molecule has 2 heterocycles. The number of Topliss-reactive ketones (excluding diaryl/α,β-unsaturated/α-hetero) is 1. The Bertz CT molecular complexity index is 584. The van der Waals surface area contributed by atoms with Crippen LogP contribution in [0.5, 0.6) is 0 Å². The van der Waals surface area contributed by atoms with Crippen LogP contribution in [0.15, 0.2) is 24.4 Å². The molecule has 0 spiro atoms. The Morgan fingerprint density at radius 1 is 1.32 bits per heavy atom. The third-order valence-electron chi connectivity index (χ3n) is 3.73. The molecule has 2 aromatic rings. The van der Waals surface area contributed by atoms with Crippen molar-refractivity contribution in [1.29, 1.82) is 0 Å². The molecule has 1 aliphatic heterocycles. The average molecular weight is 258 g/mol. The Morgan fingerprint density at radius 2 is 2.11 bits per heavy atom. The zero-order chi connectivity index (χ0) is 13.2. The van der Waals surface area contributed by atoms with Gasteiger partial charge in [0.2, 0.25) is 0 Å². The molecular weight excluding hydrogens is 240 g/mol. The van der Waals surface area contributed by atoms with E-state index in [9.17, 15) is 4.79 Å². The number of carbonyl (C=O) groups is 1. The molecule has 0 unspecified atom stereocenters. The van der Waals surface area contributed by atoms with Crippen LogP contribution in [-0.2, 0) is 0 Å². The largest absolute Gasteiger partial charge is 0.304 e. The van der Waals surface area contributed by atoms with Crippen LogP contribution in [0.3, 0.4) is 0 Å². The van der Waals surface area contributed by atoms with Crippen molar-refractivity contribution in [3.63, 3.8) is 0 Å². The van der Waals surface area contributed by atoms with Gasteiger partial charge in [0, 0.05) is 37.1 Å². The fourth-order valence-electron chi connectivity index (χ4n) is 2.42. The molecular formula is C14H18N4O. The highest BCUT2D eigenvalue weighted by Crippen LogP contribution is 2.14. The number of aromatic nitrogens is 2. The summed E-state index contributed by atoms with van der Waals surface area (Å²) >= 11 is 0. The second-order valence-corrected chi connectivity index (χ2v) is 5.17. The summed E-state index contributed by atoms with van der Waals surface area (Å²) in [5.41, 5.74) is 1.74. The molecule has 0 saturated carbocycles. The molecule has 1 aliphatic rings. The molecule has 5 nitrogen and oxygen atoms in total. The first-order chi connectivity index (χ1) is 9.22. The number of nitrogens with one attached hydrogen (secondary N) is 1. The lowest BCUT2D eigenvalue weighted by molar-refractivity contribution is 0.0876. The van der Waals surface area contributed by atoms with Gasteiger partial charge in [-0.2, -0.15) is 5.10 Å². The Labute approximate surface area is 112 Å². The highest BCUT2D eigenvalue weighted by Gasteiger charge is 2.17. The van der Waals surface area contributed by atoms with Crippen LogP contribution < -0.4 is 0 Å². The molecule has 0 amide bonds. The molecule has 19 heavy (non-hydrogen) atoms. The van der Waals surface area contributed by atoms with Gasteiger partial charge in [-0.15, -0.1) is 0 Å². The fraction of sp³-hybridized carbons (Fsp3) is 0.429. The topological polar surface area (TPSA) is 52.2 Å². The van der Waals surface area contributed by atoms with Gasteiger partial charge in [-0.25, -0.2) is 0 Å². The first-order valence-corrected chi connectivity index (χ1v) is 6.59. The summed E-state index contributed by atoms with van der Waals surface area (Å²) in [4.78, 5) is 16.8. The van der Waals surface area contributed by atoms with Crippen molar-refractivity contribution in [2.45, 2.75) is 0 Å². The third kappa shape index (κ3) is 2.67. The van der Waals surface area contributed by atoms with Gasteiger partial charge in [0.1, 0.15) is 0 Å². The second-order valence-electron chi connectivity index (χ2n) is 5.17. The Hall–Kier alpha value is -1.72. The number of likely N-dealkylation sites (N-methyl/N-ethyl adjacent to an activating group) is 1. The van der Waals surface area contributed by atoms with Crippen molar-refractivity contribution in [3.8, 4) is 0 Å². The average Bonchev–Trinajstić information content (AvgIpc) is 2.88. The monoisotopic (exact) mass is 258 g/mol. The van der Waals surface area contributed by atoms with Gasteiger partial charge in [0.15, 0.2) is 5.78 Å². The molecule has 1 saturated heterocycles. The van der Waals surface area contributed by atoms with Crippen LogP contribution in [0.2, 0.25) is 0 Å². The number of fused-ring (bicyclic) bond motifs is 1. The molecule has 0 atom stereocenters. The molecule has 5 heteroatoms. The maximum Gasteiger partial charge on any atom is 0.176 e. The first-order valence-electron chi connectivity index (χ1n) is 6.59. The van der Waals surface area contributed by atoms with E-state index in [2.05, 4.69) is 27.0 Å². The summed E-state index contributed by atoms with van der Waals surface area (Å²) in [7, 11) is 2.12. The first kappa shape index (κ1) is 12.3. The molecule has 0 radical (unpaired) electrons. The smallest absolute Gasteiger partial charge is 0.176 e. The van der Waals surface area contributed by atoms with E-state index in [1.807, 2.05) is 18.2 Å². The predicted octanol–water partition coefficient (Wildman–Crippen LogP) is 0.993. The molecule has 3 rings (SSSR count). The van der Waals surface area contributed by atoms with E-state index in [-0.39, 0.29) is 5.78 Å². The zero-order valence-electron chi connectivity index (χ0n) is 11.1. The summed E-state index contributed by atoms with van der Waals surface area (Å²) in [5.74, 6) is 0.188. The Morgan fingerprint density at radius 3 is 2.89 bits per heavy atom. The Balaban J connectivity index is 1.69. The molecule has 1 aromatic heterocycles. The summed E-state index contributed by atoms with van der Waals surface area (Å²) in [6, 6.07) is 5.70. The lowest BCUT2D eigenvalue weighted by atomic mass is 10.1. The van der Waals surface area contributed by atoms with Gasteiger partial charge >= 0.3 is 0 Å². The molecule has 1 N–H and O–H groups in total. The molecule has 1 fully saturated rings. The van der Waals surface area contributed by atoms with Crippen molar-refractivity contribution in [2.24, 2.45) is 0 Å². The minimum absolute atomic E-state index is 0.188. The van der Waals surface area contributed by atoms with Crippen molar-refractivity contribution in [1.82, 2.24) is 20.0 Å². The quantitative estimate of drug-likeness (QED) is 0.834. The van der Waals surface area contributed by atoms with E-state index in [1.165, 1.54) is 0 Å². The van der Waals surface area contributed by atoms with Crippen LogP contribution >= 0.6 is 0 Å². The summed E-state index contributed by atoms with van der Waals surface area (Å²) in [6.07, 6.45) is 1.75. The molecule has 0 bridgehead atoms. The highest BCUT2D eigenvalue weighted by molar-refractivity contribution is 6.00.